The van der Waals surface area contributed by atoms with Gasteiger partial charge in [-0.15, -0.1) is 11.8 Å². The van der Waals surface area contributed by atoms with Gasteiger partial charge in [0.25, 0.3) is 5.69 Å². The highest BCUT2D eigenvalue weighted by Gasteiger charge is 2.11. The number of nitrogens with one attached hydrogen (secondary N) is 1. The molecule has 0 unspecified atom stereocenters. The third-order valence-corrected chi connectivity index (χ3v) is 3.98. The van der Waals surface area contributed by atoms with E-state index in [-0.39, 0.29) is 16.6 Å². The zero-order valence-electron chi connectivity index (χ0n) is 12.2. The van der Waals surface area contributed by atoms with Gasteiger partial charge in [0.1, 0.15) is 5.02 Å². The molecule has 0 radical (unpaired) electrons. The van der Waals surface area contributed by atoms with Crippen LogP contribution in [0.1, 0.15) is 5.56 Å². The molecule has 118 valence electrons. The van der Waals surface area contributed by atoms with Crippen LogP contribution >= 0.6 is 23.4 Å². The molecule has 2 aromatic rings. The van der Waals surface area contributed by atoms with Crippen molar-refractivity contribution < 1.29 is 9.72 Å². The number of rotatable bonds is 5. The molecule has 0 heterocycles. The number of nitrogens with zero attached hydrogens (tertiary/aromatic N) is 1. The van der Waals surface area contributed by atoms with Gasteiger partial charge < -0.3 is 5.32 Å². The average Bonchev–Trinajstić information content (AvgIpc) is 2.54. The van der Waals surface area contributed by atoms with Crippen molar-refractivity contribution in [3.8, 4) is 0 Å². The summed E-state index contributed by atoms with van der Waals surface area (Å²) in [6.07, 6.45) is 4.77. The summed E-state index contributed by atoms with van der Waals surface area (Å²) in [6, 6.07) is 11.8. The fourth-order valence-corrected chi connectivity index (χ4v) is 2.48. The van der Waals surface area contributed by atoms with Gasteiger partial charge in [-0.05, 0) is 42.2 Å². The van der Waals surface area contributed by atoms with Crippen LogP contribution in [0, 0.1) is 10.1 Å². The van der Waals surface area contributed by atoms with Crippen LogP contribution in [0.4, 0.5) is 11.4 Å². The molecule has 0 bridgehead atoms. The van der Waals surface area contributed by atoms with E-state index < -0.39 is 4.92 Å². The molecule has 0 aliphatic rings. The first-order valence-electron chi connectivity index (χ1n) is 6.56. The number of carbonyl (C=O) groups is 1. The van der Waals surface area contributed by atoms with Crippen LogP contribution in [0.3, 0.4) is 0 Å². The van der Waals surface area contributed by atoms with E-state index in [9.17, 15) is 14.9 Å². The second-order valence-electron chi connectivity index (χ2n) is 4.52. The summed E-state index contributed by atoms with van der Waals surface area (Å²) >= 11 is 7.32. The van der Waals surface area contributed by atoms with Crippen molar-refractivity contribution in [2.24, 2.45) is 0 Å². The van der Waals surface area contributed by atoms with E-state index in [1.165, 1.54) is 24.3 Å². The molecule has 0 saturated heterocycles. The number of nitro benzene ring substituents is 1. The average molecular weight is 349 g/mol. The highest BCUT2D eigenvalue weighted by molar-refractivity contribution is 7.98. The van der Waals surface area contributed by atoms with Crippen LogP contribution in [0.25, 0.3) is 6.08 Å². The standard InChI is InChI=1S/C16H13ClN2O3S/c1-23-13-4-2-3-12(10-13)18-16(20)8-6-11-5-7-14(17)15(9-11)19(21)22/h2-10H,1H3,(H,18,20)/b8-6+. The Kier molecular flexibility index (Phi) is 5.78. The van der Waals surface area contributed by atoms with E-state index >= 15 is 0 Å². The zero-order chi connectivity index (χ0) is 16.8. The number of thioether (sulfide) groups is 1. The lowest BCUT2D eigenvalue weighted by molar-refractivity contribution is -0.384. The minimum Gasteiger partial charge on any atom is -0.322 e. The smallest absolute Gasteiger partial charge is 0.288 e. The maximum absolute atomic E-state index is 11.9. The zero-order valence-corrected chi connectivity index (χ0v) is 13.7. The molecule has 7 heteroatoms. The number of hydrogen-bond acceptors (Lipinski definition) is 4. The number of amides is 1. The second-order valence-corrected chi connectivity index (χ2v) is 5.81. The van der Waals surface area contributed by atoms with Gasteiger partial charge in [0.2, 0.25) is 5.91 Å². The Morgan fingerprint density at radius 2 is 2.09 bits per heavy atom. The van der Waals surface area contributed by atoms with Gasteiger partial charge in [-0.2, -0.15) is 0 Å². The summed E-state index contributed by atoms with van der Waals surface area (Å²) in [5.41, 5.74) is 1.02. The summed E-state index contributed by atoms with van der Waals surface area (Å²) in [7, 11) is 0. The monoisotopic (exact) mass is 348 g/mol. The maximum atomic E-state index is 11.9. The maximum Gasteiger partial charge on any atom is 0.288 e. The number of hydrogen-bond donors (Lipinski definition) is 1. The van der Waals surface area contributed by atoms with Gasteiger partial charge in [0.05, 0.1) is 4.92 Å². The molecule has 0 saturated carbocycles. The number of carbonyl (C=O) groups excluding carboxylic acids is 1. The lowest BCUT2D eigenvalue weighted by atomic mass is 10.2. The van der Waals surface area contributed by atoms with E-state index in [0.29, 0.717) is 11.3 Å². The number of nitro groups is 1. The van der Waals surface area contributed by atoms with Crippen LogP contribution in [-0.4, -0.2) is 17.1 Å². The SMILES string of the molecule is CSc1cccc(NC(=O)/C=C/c2ccc(Cl)c([N+](=O)[O-])c2)c1. The van der Waals surface area contributed by atoms with Crippen LogP contribution < -0.4 is 5.32 Å². The molecule has 1 N–H and O–H groups in total. The first kappa shape index (κ1) is 17.1. The summed E-state index contributed by atoms with van der Waals surface area (Å²) in [5.74, 6) is -0.319. The largest absolute Gasteiger partial charge is 0.322 e. The predicted molar refractivity (Wildman–Crippen MR) is 94.0 cm³/mol. The summed E-state index contributed by atoms with van der Waals surface area (Å²) in [5, 5.41) is 13.6. The molecule has 1 amide bonds. The third kappa shape index (κ3) is 4.84. The molecule has 0 aromatic heterocycles. The van der Waals surface area contributed by atoms with E-state index in [0.717, 1.165) is 4.90 Å². The fraction of sp³-hybridized carbons (Fsp3) is 0.0625. The Bertz CT molecular complexity index is 778. The minimum absolute atomic E-state index is 0.0606. The van der Waals surface area contributed by atoms with Crippen molar-refractivity contribution in [1.82, 2.24) is 0 Å². The van der Waals surface area contributed by atoms with Gasteiger partial charge in [-0.3, -0.25) is 14.9 Å². The van der Waals surface area contributed by atoms with Crippen molar-refractivity contribution >= 4 is 46.7 Å². The second kappa shape index (κ2) is 7.80. The van der Waals surface area contributed by atoms with Gasteiger partial charge >= 0.3 is 0 Å². The molecular formula is C16H13ClN2O3S. The third-order valence-electron chi connectivity index (χ3n) is 2.93. The summed E-state index contributed by atoms with van der Waals surface area (Å²) in [6.45, 7) is 0. The molecule has 0 fully saturated rings. The molecule has 2 aromatic carbocycles. The van der Waals surface area contributed by atoms with E-state index in [1.807, 2.05) is 24.5 Å². The highest BCUT2D eigenvalue weighted by Crippen LogP contribution is 2.25. The van der Waals surface area contributed by atoms with Gasteiger partial charge in [-0.1, -0.05) is 23.7 Å². The van der Waals surface area contributed by atoms with Crippen molar-refractivity contribution in [3.63, 3.8) is 0 Å². The minimum atomic E-state index is -0.562. The molecule has 0 spiro atoms. The van der Waals surface area contributed by atoms with Gasteiger partial charge in [0.15, 0.2) is 0 Å². The molecule has 23 heavy (non-hydrogen) atoms. The fourth-order valence-electron chi connectivity index (χ4n) is 1.83. The molecule has 0 aliphatic carbocycles. The first-order valence-corrected chi connectivity index (χ1v) is 8.17. The lowest BCUT2D eigenvalue weighted by Crippen LogP contribution is -2.07. The molecule has 0 aliphatic heterocycles. The Balaban J connectivity index is 2.09. The van der Waals surface area contributed by atoms with E-state index in [1.54, 1.807) is 23.9 Å². The Hall–Kier alpha value is -2.31. The summed E-state index contributed by atoms with van der Waals surface area (Å²) < 4.78 is 0. The van der Waals surface area contributed by atoms with E-state index in [4.69, 9.17) is 11.6 Å². The highest BCUT2D eigenvalue weighted by atomic mass is 35.5. The van der Waals surface area contributed by atoms with Crippen molar-refractivity contribution in [2.75, 3.05) is 11.6 Å². The molecular weight excluding hydrogens is 336 g/mol. The number of anilines is 1. The number of halogens is 1. The number of benzene rings is 2. The Morgan fingerprint density at radius 1 is 1.30 bits per heavy atom. The van der Waals surface area contributed by atoms with Gasteiger partial charge in [-0.25, -0.2) is 0 Å². The van der Waals surface area contributed by atoms with Crippen LogP contribution in [0.5, 0.6) is 0 Å². The predicted octanol–water partition coefficient (Wildman–Crippen LogP) is 4.62. The van der Waals surface area contributed by atoms with Crippen LogP contribution in [0.15, 0.2) is 53.4 Å². The van der Waals surface area contributed by atoms with E-state index in [2.05, 4.69) is 5.32 Å². The van der Waals surface area contributed by atoms with Crippen molar-refractivity contribution in [2.45, 2.75) is 4.90 Å². The van der Waals surface area contributed by atoms with Crippen LogP contribution in [0.2, 0.25) is 5.02 Å². The Labute approximate surface area is 142 Å². The van der Waals surface area contributed by atoms with Crippen molar-refractivity contribution in [3.05, 3.63) is 69.2 Å². The Morgan fingerprint density at radius 3 is 2.78 bits per heavy atom. The first-order chi connectivity index (χ1) is 11.0. The van der Waals surface area contributed by atoms with Crippen LogP contribution in [-0.2, 0) is 4.79 Å². The summed E-state index contributed by atoms with van der Waals surface area (Å²) in [4.78, 5) is 23.2. The van der Waals surface area contributed by atoms with Crippen molar-refractivity contribution in [1.29, 1.82) is 0 Å². The topological polar surface area (TPSA) is 72.2 Å². The molecule has 5 nitrogen and oxygen atoms in total. The lowest BCUT2D eigenvalue weighted by Gasteiger charge is -2.03. The quantitative estimate of drug-likeness (QED) is 0.370. The molecule has 2 rings (SSSR count). The normalized spacial score (nSPS) is 10.7. The van der Waals surface area contributed by atoms with Gasteiger partial charge in [0, 0.05) is 22.7 Å². The molecule has 0 atom stereocenters.